The first-order valence-electron chi connectivity index (χ1n) is 4.93. The zero-order valence-corrected chi connectivity index (χ0v) is 8.49. The van der Waals surface area contributed by atoms with Crippen LogP contribution in [0, 0.1) is 0 Å². The Kier molecular flexibility index (Phi) is 4.78. The molecule has 0 fully saturated rings. The normalized spacial score (nSPS) is 9.86. The molecule has 1 heterocycles. The van der Waals surface area contributed by atoms with E-state index in [1.807, 2.05) is 12.1 Å². The summed E-state index contributed by atoms with van der Waals surface area (Å²) in [5.74, 6) is 6.59. The van der Waals surface area contributed by atoms with Gasteiger partial charge in [-0.3, -0.25) is 0 Å². The molecule has 1 aromatic rings. The minimum Gasteiger partial charge on any atom is -0.490 e. The Hall–Kier alpha value is -1.29. The van der Waals surface area contributed by atoms with Gasteiger partial charge in [-0.2, -0.15) is 0 Å². The van der Waals surface area contributed by atoms with E-state index in [0.29, 0.717) is 18.2 Å². The molecule has 0 aliphatic heterocycles. The lowest BCUT2D eigenvalue weighted by atomic mass is 10.3. The van der Waals surface area contributed by atoms with Crippen LogP contribution >= 0.6 is 0 Å². The molecule has 0 aromatic carbocycles. The molecule has 3 N–H and O–H groups in total. The average molecular weight is 195 g/mol. The van der Waals surface area contributed by atoms with E-state index in [2.05, 4.69) is 17.3 Å². The Morgan fingerprint density at radius 2 is 2.36 bits per heavy atom. The first-order valence-corrected chi connectivity index (χ1v) is 4.93. The minimum atomic E-state index is 0.587. The second-order valence-corrected chi connectivity index (χ2v) is 3.05. The van der Waals surface area contributed by atoms with Gasteiger partial charge in [0, 0.05) is 6.20 Å². The van der Waals surface area contributed by atoms with Gasteiger partial charge in [0.15, 0.2) is 11.6 Å². The molecule has 0 amide bonds. The lowest BCUT2D eigenvalue weighted by Gasteiger charge is -2.08. The Morgan fingerprint density at radius 3 is 3.07 bits per heavy atom. The molecule has 0 radical (unpaired) electrons. The number of rotatable bonds is 6. The van der Waals surface area contributed by atoms with Crippen molar-refractivity contribution in [3.63, 3.8) is 0 Å². The molecule has 78 valence electrons. The van der Waals surface area contributed by atoms with Gasteiger partial charge >= 0.3 is 0 Å². The number of aromatic nitrogens is 1. The summed E-state index contributed by atoms with van der Waals surface area (Å²) in [4.78, 5) is 4.03. The Labute approximate surface area is 84.4 Å². The standard InChI is InChI=1S/C10H17N3O/c1-2-3-4-8-14-9-6-5-7-12-10(9)13-11/h5-7H,2-4,8,11H2,1H3,(H,12,13). The van der Waals surface area contributed by atoms with Crippen LogP contribution in [0.3, 0.4) is 0 Å². The number of anilines is 1. The maximum absolute atomic E-state index is 5.53. The molecule has 1 rings (SSSR count). The third-order valence-corrected chi connectivity index (χ3v) is 1.91. The second kappa shape index (κ2) is 6.21. The number of nitrogens with one attached hydrogen (secondary N) is 1. The fourth-order valence-electron chi connectivity index (χ4n) is 1.15. The fraction of sp³-hybridized carbons (Fsp3) is 0.500. The van der Waals surface area contributed by atoms with Crippen molar-refractivity contribution in [2.75, 3.05) is 12.0 Å². The van der Waals surface area contributed by atoms with Crippen molar-refractivity contribution in [2.45, 2.75) is 26.2 Å². The van der Waals surface area contributed by atoms with Crippen molar-refractivity contribution in [2.24, 2.45) is 5.84 Å². The molecule has 0 spiro atoms. The number of unbranched alkanes of at least 4 members (excludes halogenated alkanes) is 2. The molecular formula is C10H17N3O. The van der Waals surface area contributed by atoms with Gasteiger partial charge in [-0.05, 0) is 18.6 Å². The largest absolute Gasteiger partial charge is 0.490 e. The first kappa shape index (κ1) is 10.8. The summed E-state index contributed by atoms with van der Waals surface area (Å²) < 4.78 is 5.53. The van der Waals surface area contributed by atoms with E-state index >= 15 is 0 Å². The van der Waals surface area contributed by atoms with Crippen molar-refractivity contribution in [3.8, 4) is 5.75 Å². The molecule has 0 bridgehead atoms. The maximum atomic E-state index is 5.53. The third kappa shape index (κ3) is 3.22. The predicted octanol–water partition coefficient (Wildman–Crippen LogP) is 1.94. The van der Waals surface area contributed by atoms with E-state index in [4.69, 9.17) is 10.6 Å². The van der Waals surface area contributed by atoms with E-state index in [0.717, 1.165) is 6.42 Å². The smallest absolute Gasteiger partial charge is 0.182 e. The van der Waals surface area contributed by atoms with Crippen LogP contribution in [0.15, 0.2) is 18.3 Å². The number of nitrogens with two attached hydrogens (primary N) is 1. The van der Waals surface area contributed by atoms with Crippen molar-refractivity contribution in [1.82, 2.24) is 4.98 Å². The summed E-state index contributed by atoms with van der Waals surface area (Å²) in [6, 6.07) is 3.68. The van der Waals surface area contributed by atoms with Crippen molar-refractivity contribution in [1.29, 1.82) is 0 Å². The molecule has 4 nitrogen and oxygen atoms in total. The monoisotopic (exact) mass is 195 g/mol. The van der Waals surface area contributed by atoms with Crippen molar-refractivity contribution in [3.05, 3.63) is 18.3 Å². The van der Waals surface area contributed by atoms with Crippen LogP contribution in [0.2, 0.25) is 0 Å². The van der Waals surface area contributed by atoms with Gasteiger partial charge in [0.05, 0.1) is 6.61 Å². The summed E-state index contributed by atoms with van der Waals surface area (Å²) in [6.07, 6.45) is 5.12. The van der Waals surface area contributed by atoms with Crippen LogP contribution < -0.4 is 16.0 Å². The number of nitrogens with zero attached hydrogens (tertiary/aromatic N) is 1. The van der Waals surface area contributed by atoms with Gasteiger partial charge < -0.3 is 10.2 Å². The summed E-state index contributed by atoms with van der Waals surface area (Å²) in [5, 5.41) is 0. The molecule has 0 aliphatic rings. The highest BCUT2D eigenvalue weighted by Crippen LogP contribution is 2.19. The van der Waals surface area contributed by atoms with Crippen molar-refractivity contribution < 1.29 is 4.74 Å². The van der Waals surface area contributed by atoms with Crippen LogP contribution in [0.4, 0.5) is 5.82 Å². The topological polar surface area (TPSA) is 60.2 Å². The van der Waals surface area contributed by atoms with E-state index in [1.54, 1.807) is 6.20 Å². The molecule has 0 saturated carbocycles. The van der Waals surface area contributed by atoms with Gasteiger partial charge in [-0.15, -0.1) is 0 Å². The number of hydrogen-bond acceptors (Lipinski definition) is 4. The molecule has 1 aromatic heterocycles. The lowest BCUT2D eigenvalue weighted by Crippen LogP contribution is -2.10. The van der Waals surface area contributed by atoms with Crippen LogP contribution in [-0.4, -0.2) is 11.6 Å². The predicted molar refractivity (Wildman–Crippen MR) is 57.1 cm³/mol. The summed E-state index contributed by atoms with van der Waals surface area (Å²) in [5.41, 5.74) is 2.50. The molecule has 14 heavy (non-hydrogen) atoms. The van der Waals surface area contributed by atoms with Gasteiger partial charge in [0.2, 0.25) is 0 Å². The number of nitrogen functional groups attached to an aromatic ring is 1. The molecular weight excluding hydrogens is 178 g/mol. The average Bonchev–Trinajstić information content (AvgIpc) is 2.25. The van der Waals surface area contributed by atoms with Crippen LogP contribution in [0.1, 0.15) is 26.2 Å². The molecule has 4 heteroatoms. The number of hydrogen-bond donors (Lipinski definition) is 2. The van der Waals surface area contributed by atoms with Crippen LogP contribution in [0.25, 0.3) is 0 Å². The van der Waals surface area contributed by atoms with E-state index < -0.39 is 0 Å². The van der Waals surface area contributed by atoms with Crippen LogP contribution in [-0.2, 0) is 0 Å². The lowest BCUT2D eigenvalue weighted by molar-refractivity contribution is 0.306. The maximum Gasteiger partial charge on any atom is 0.182 e. The first-order chi connectivity index (χ1) is 6.88. The molecule has 0 aliphatic carbocycles. The summed E-state index contributed by atoms with van der Waals surface area (Å²) >= 11 is 0. The van der Waals surface area contributed by atoms with Gasteiger partial charge in [0.1, 0.15) is 0 Å². The molecule has 0 unspecified atom stereocenters. The number of ether oxygens (including phenoxy) is 1. The number of pyridine rings is 1. The third-order valence-electron chi connectivity index (χ3n) is 1.91. The Morgan fingerprint density at radius 1 is 1.50 bits per heavy atom. The zero-order valence-electron chi connectivity index (χ0n) is 8.49. The summed E-state index contributed by atoms with van der Waals surface area (Å²) in [7, 11) is 0. The molecule has 0 saturated heterocycles. The van der Waals surface area contributed by atoms with Crippen LogP contribution in [0.5, 0.6) is 5.75 Å². The van der Waals surface area contributed by atoms with Gasteiger partial charge in [-0.1, -0.05) is 19.8 Å². The zero-order chi connectivity index (χ0) is 10.2. The number of hydrazine groups is 1. The second-order valence-electron chi connectivity index (χ2n) is 3.05. The highest BCUT2D eigenvalue weighted by atomic mass is 16.5. The highest BCUT2D eigenvalue weighted by molar-refractivity contribution is 5.48. The van der Waals surface area contributed by atoms with Gasteiger partial charge in [-0.25, -0.2) is 10.8 Å². The SMILES string of the molecule is CCCCCOc1cccnc1NN. The summed E-state index contributed by atoms with van der Waals surface area (Å²) in [6.45, 7) is 2.88. The van der Waals surface area contributed by atoms with E-state index in [-0.39, 0.29) is 0 Å². The fourth-order valence-corrected chi connectivity index (χ4v) is 1.15. The Bertz CT molecular complexity index is 265. The van der Waals surface area contributed by atoms with Gasteiger partial charge in [0.25, 0.3) is 0 Å². The quantitative estimate of drug-likeness (QED) is 0.413. The minimum absolute atomic E-state index is 0.587. The Balaban J connectivity index is 2.41. The molecule has 0 atom stereocenters. The van der Waals surface area contributed by atoms with Crippen molar-refractivity contribution >= 4 is 5.82 Å². The van der Waals surface area contributed by atoms with E-state index in [1.165, 1.54) is 12.8 Å². The highest BCUT2D eigenvalue weighted by Gasteiger charge is 2.01. The van der Waals surface area contributed by atoms with E-state index in [9.17, 15) is 0 Å².